The highest BCUT2D eigenvalue weighted by Gasteiger charge is 2.28. The molecule has 1 aliphatic rings. The number of nitrogens with zero attached hydrogens (tertiary/aromatic N) is 2. The molecule has 5 heteroatoms. The van der Waals surface area contributed by atoms with E-state index in [9.17, 15) is 0 Å². The first-order valence-corrected chi connectivity index (χ1v) is 8.63. The summed E-state index contributed by atoms with van der Waals surface area (Å²) in [5.41, 5.74) is 4.27. The molecule has 0 bridgehead atoms. The van der Waals surface area contributed by atoms with E-state index < -0.39 is 0 Å². The SMILES string of the molecule is CC(C)n1ncc(Br)c1C(NN)C1CCCCCCC1. The molecule has 0 radical (unpaired) electrons. The van der Waals surface area contributed by atoms with Gasteiger partial charge in [-0.3, -0.25) is 16.0 Å². The summed E-state index contributed by atoms with van der Waals surface area (Å²) in [4.78, 5) is 0. The predicted octanol–water partition coefficient (Wildman–Crippen LogP) is 4.09. The fraction of sp³-hybridized carbons (Fsp3) is 0.800. The van der Waals surface area contributed by atoms with E-state index in [1.54, 1.807) is 0 Å². The number of nitrogens with one attached hydrogen (secondary N) is 1. The Bertz CT molecular complexity index is 408. The van der Waals surface area contributed by atoms with Crippen LogP contribution in [0.3, 0.4) is 0 Å². The Balaban J connectivity index is 2.24. The third-order valence-electron chi connectivity index (χ3n) is 4.37. The molecule has 1 aliphatic carbocycles. The molecule has 0 spiro atoms. The van der Waals surface area contributed by atoms with E-state index in [1.807, 2.05) is 6.20 Å². The lowest BCUT2D eigenvalue weighted by atomic mass is 9.84. The molecule has 2 rings (SSSR count). The average molecular weight is 343 g/mol. The lowest BCUT2D eigenvalue weighted by Crippen LogP contribution is -2.36. The van der Waals surface area contributed by atoms with Gasteiger partial charge in [0.25, 0.3) is 0 Å². The van der Waals surface area contributed by atoms with Crippen molar-refractivity contribution >= 4 is 15.9 Å². The van der Waals surface area contributed by atoms with Gasteiger partial charge in [-0.25, -0.2) is 0 Å². The number of hydrazine groups is 1. The maximum atomic E-state index is 5.91. The summed E-state index contributed by atoms with van der Waals surface area (Å²) in [6.07, 6.45) is 11.1. The van der Waals surface area contributed by atoms with Crippen molar-refractivity contribution < 1.29 is 0 Å². The van der Waals surface area contributed by atoms with Gasteiger partial charge < -0.3 is 0 Å². The second-order valence-corrected chi connectivity index (χ2v) is 7.02. The zero-order chi connectivity index (χ0) is 14.5. The van der Waals surface area contributed by atoms with E-state index in [2.05, 4.69) is 45.0 Å². The Morgan fingerprint density at radius 3 is 2.40 bits per heavy atom. The third kappa shape index (κ3) is 3.62. The van der Waals surface area contributed by atoms with Gasteiger partial charge in [0.1, 0.15) is 0 Å². The highest BCUT2D eigenvalue weighted by Crippen LogP contribution is 2.36. The first-order valence-electron chi connectivity index (χ1n) is 7.84. The Labute approximate surface area is 130 Å². The summed E-state index contributed by atoms with van der Waals surface area (Å²) in [5.74, 6) is 6.51. The molecule has 1 unspecified atom stereocenters. The van der Waals surface area contributed by atoms with Crippen LogP contribution < -0.4 is 11.3 Å². The number of hydrogen-bond donors (Lipinski definition) is 2. The Morgan fingerprint density at radius 2 is 1.85 bits per heavy atom. The van der Waals surface area contributed by atoms with Gasteiger partial charge in [-0.05, 0) is 48.5 Å². The average Bonchev–Trinajstić information content (AvgIpc) is 2.75. The molecule has 20 heavy (non-hydrogen) atoms. The van der Waals surface area contributed by atoms with Crippen LogP contribution in [0.25, 0.3) is 0 Å². The van der Waals surface area contributed by atoms with Crippen molar-refractivity contribution in [2.75, 3.05) is 0 Å². The Hall–Kier alpha value is -0.390. The summed E-state index contributed by atoms with van der Waals surface area (Å²) in [5, 5.41) is 4.50. The standard InChI is InChI=1S/C15H27BrN4/c1-11(2)20-15(13(16)10-18-20)14(19-17)12-8-6-4-3-5-7-9-12/h10-12,14,19H,3-9,17H2,1-2H3. The second-order valence-electron chi connectivity index (χ2n) is 6.17. The van der Waals surface area contributed by atoms with Crippen LogP contribution in [0.1, 0.15) is 76.6 Å². The summed E-state index contributed by atoms with van der Waals surface area (Å²) < 4.78 is 3.16. The van der Waals surface area contributed by atoms with Crippen molar-refractivity contribution in [1.82, 2.24) is 15.2 Å². The van der Waals surface area contributed by atoms with Crippen LogP contribution in [-0.2, 0) is 0 Å². The van der Waals surface area contributed by atoms with Gasteiger partial charge in [0.2, 0.25) is 0 Å². The molecule has 4 nitrogen and oxygen atoms in total. The van der Waals surface area contributed by atoms with Crippen molar-refractivity contribution in [1.29, 1.82) is 0 Å². The highest BCUT2D eigenvalue weighted by molar-refractivity contribution is 9.10. The van der Waals surface area contributed by atoms with E-state index >= 15 is 0 Å². The van der Waals surface area contributed by atoms with Crippen LogP contribution in [0.2, 0.25) is 0 Å². The molecule has 1 aromatic heterocycles. The van der Waals surface area contributed by atoms with Crippen molar-refractivity contribution in [2.24, 2.45) is 11.8 Å². The fourth-order valence-corrected chi connectivity index (χ4v) is 3.83. The zero-order valence-electron chi connectivity index (χ0n) is 12.6. The van der Waals surface area contributed by atoms with E-state index in [0.717, 1.165) is 4.47 Å². The molecule has 0 aromatic carbocycles. The van der Waals surface area contributed by atoms with E-state index in [-0.39, 0.29) is 6.04 Å². The Kier molecular flexibility index (Phi) is 6.05. The molecule has 3 N–H and O–H groups in total. The first kappa shape index (κ1) is 16.0. The molecule has 1 heterocycles. The minimum Gasteiger partial charge on any atom is -0.271 e. The van der Waals surface area contributed by atoms with E-state index in [0.29, 0.717) is 12.0 Å². The summed E-state index contributed by atoms with van der Waals surface area (Å²) in [6, 6.07) is 0.535. The van der Waals surface area contributed by atoms with E-state index in [4.69, 9.17) is 5.84 Å². The van der Waals surface area contributed by atoms with Crippen molar-refractivity contribution in [3.63, 3.8) is 0 Å². The fourth-order valence-electron chi connectivity index (χ4n) is 3.31. The van der Waals surface area contributed by atoms with Gasteiger partial charge in [-0.1, -0.05) is 32.1 Å². The van der Waals surface area contributed by atoms with Gasteiger partial charge in [0.05, 0.1) is 22.4 Å². The van der Waals surface area contributed by atoms with Crippen LogP contribution in [0.4, 0.5) is 0 Å². The van der Waals surface area contributed by atoms with Crippen LogP contribution in [0, 0.1) is 5.92 Å². The number of hydrogen-bond acceptors (Lipinski definition) is 3. The third-order valence-corrected chi connectivity index (χ3v) is 4.98. The number of nitrogens with two attached hydrogens (primary N) is 1. The zero-order valence-corrected chi connectivity index (χ0v) is 14.2. The maximum Gasteiger partial charge on any atom is 0.0715 e. The molecule has 0 aliphatic heterocycles. The molecule has 1 fully saturated rings. The predicted molar refractivity (Wildman–Crippen MR) is 86.2 cm³/mol. The van der Waals surface area contributed by atoms with Crippen molar-refractivity contribution in [2.45, 2.75) is 70.9 Å². The highest BCUT2D eigenvalue weighted by atomic mass is 79.9. The molecule has 114 valence electrons. The summed E-state index contributed by atoms with van der Waals surface area (Å²) in [6.45, 7) is 4.32. The topological polar surface area (TPSA) is 55.9 Å². The van der Waals surface area contributed by atoms with Crippen LogP contribution in [-0.4, -0.2) is 9.78 Å². The number of aromatic nitrogens is 2. The van der Waals surface area contributed by atoms with Gasteiger partial charge in [0.15, 0.2) is 0 Å². The van der Waals surface area contributed by atoms with Gasteiger partial charge in [0, 0.05) is 6.04 Å². The van der Waals surface area contributed by atoms with Crippen molar-refractivity contribution in [3.8, 4) is 0 Å². The minimum absolute atomic E-state index is 0.187. The Morgan fingerprint density at radius 1 is 1.25 bits per heavy atom. The van der Waals surface area contributed by atoms with Gasteiger partial charge >= 0.3 is 0 Å². The van der Waals surface area contributed by atoms with Crippen LogP contribution >= 0.6 is 15.9 Å². The molecule has 1 saturated carbocycles. The van der Waals surface area contributed by atoms with Gasteiger partial charge in [-0.2, -0.15) is 5.10 Å². The quantitative estimate of drug-likeness (QED) is 0.639. The minimum atomic E-state index is 0.187. The van der Waals surface area contributed by atoms with Gasteiger partial charge in [-0.15, -0.1) is 0 Å². The first-order chi connectivity index (χ1) is 9.65. The smallest absolute Gasteiger partial charge is 0.0715 e. The maximum absolute atomic E-state index is 5.91. The lowest BCUT2D eigenvalue weighted by molar-refractivity contribution is 0.274. The van der Waals surface area contributed by atoms with Crippen LogP contribution in [0.15, 0.2) is 10.7 Å². The summed E-state index contributed by atoms with van der Waals surface area (Å²) in [7, 11) is 0. The lowest BCUT2D eigenvalue weighted by Gasteiger charge is -2.30. The normalized spacial score (nSPS) is 19.9. The molecule has 1 atom stereocenters. The van der Waals surface area contributed by atoms with Crippen molar-refractivity contribution in [3.05, 3.63) is 16.4 Å². The second kappa shape index (κ2) is 7.57. The largest absolute Gasteiger partial charge is 0.271 e. The molecular weight excluding hydrogens is 316 g/mol. The molecule has 1 aromatic rings. The molecular formula is C15H27BrN4. The molecule has 0 saturated heterocycles. The number of rotatable bonds is 4. The summed E-state index contributed by atoms with van der Waals surface area (Å²) >= 11 is 3.65. The molecule has 0 amide bonds. The van der Waals surface area contributed by atoms with E-state index in [1.165, 1.54) is 50.6 Å². The number of halogens is 1. The van der Waals surface area contributed by atoms with Crippen LogP contribution in [0.5, 0.6) is 0 Å². The monoisotopic (exact) mass is 342 g/mol.